The number of hydrogen-bond donors (Lipinski definition) is 1. The lowest BCUT2D eigenvalue weighted by Crippen LogP contribution is -2.46. The van der Waals surface area contributed by atoms with Crippen molar-refractivity contribution in [1.29, 1.82) is 0 Å². The molecule has 0 aromatic heterocycles. The molecule has 2 aromatic carbocycles. The first-order valence-corrected chi connectivity index (χ1v) is 7.29. The molecular formula is C18H18F2O. The van der Waals surface area contributed by atoms with Gasteiger partial charge in [0.25, 0.3) is 0 Å². The van der Waals surface area contributed by atoms with Crippen molar-refractivity contribution >= 4 is 0 Å². The third kappa shape index (κ3) is 2.58. The van der Waals surface area contributed by atoms with Crippen molar-refractivity contribution in [2.45, 2.75) is 37.2 Å². The maximum absolute atomic E-state index is 13.8. The van der Waals surface area contributed by atoms with Crippen LogP contribution in [0.25, 0.3) is 0 Å². The number of benzene rings is 2. The van der Waals surface area contributed by atoms with Crippen LogP contribution in [0.2, 0.25) is 0 Å². The SMILES string of the molecule is OC(Cc1ccc(F)cc1F)C1(c2ccccc2)CCC1. The molecule has 1 aliphatic rings. The minimum Gasteiger partial charge on any atom is -0.392 e. The van der Waals surface area contributed by atoms with Gasteiger partial charge in [-0.05, 0) is 30.0 Å². The first-order chi connectivity index (χ1) is 10.1. The smallest absolute Gasteiger partial charge is 0.129 e. The van der Waals surface area contributed by atoms with Gasteiger partial charge in [0.15, 0.2) is 0 Å². The summed E-state index contributed by atoms with van der Waals surface area (Å²) < 4.78 is 26.7. The van der Waals surface area contributed by atoms with E-state index >= 15 is 0 Å². The molecule has 1 fully saturated rings. The van der Waals surface area contributed by atoms with E-state index in [2.05, 4.69) is 0 Å². The third-order valence-electron chi connectivity index (χ3n) is 4.66. The van der Waals surface area contributed by atoms with Gasteiger partial charge in [0.2, 0.25) is 0 Å². The highest BCUT2D eigenvalue weighted by atomic mass is 19.1. The van der Waals surface area contributed by atoms with E-state index in [0.29, 0.717) is 5.56 Å². The van der Waals surface area contributed by atoms with Crippen molar-refractivity contribution in [1.82, 2.24) is 0 Å². The Balaban J connectivity index is 1.85. The minimum atomic E-state index is -0.659. The summed E-state index contributed by atoms with van der Waals surface area (Å²) in [5, 5.41) is 10.7. The van der Waals surface area contributed by atoms with Gasteiger partial charge in [-0.25, -0.2) is 8.78 Å². The molecule has 1 saturated carbocycles. The van der Waals surface area contributed by atoms with Gasteiger partial charge >= 0.3 is 0 Å². The number of rotatable bonds is 4. The van der Waals surface area contributed by atoms with Gasteiger partial charge in [-0.1, -0.05) is 42.8 Å². The van der Waals surface area contributed by atoms with Crippen LogP contribution in [0.1, 0.15) is 30.4 Å². The summed E-state index contributed by atoms with van der Waals surface area (Å²) in [5.41, 5.74) is 1.18. The van der Waals surface area contributed by atoms with E-state index in [9.17, 15) is 13.9 Å². The Labute approximate surface area is 123 Å². The summed E-state index contributed by atoms with van der Waals surface area (Å²) in [6.07, 6.45) is 2.43. The molecule has 3 rings (SSSR count). The average Bonchev–Trinajstić information content (AvgIpc) is 2.42. The molecular weight excluding hydrogens is 270 g/mol. The van der Waals surface area contributed by atoms with Crippen LogP contribution in [0, 0.1) is 11.6 Å². The summed E-state index contributed by atoms with van der Waals surface area (Å²) >= 11 is 0. The van der Waals surface area contributed by atoms with Crippen molar-refractivity contribution in [2.75, 3.05) is 0 Å². The normalized spacial score (nSPS) is 18.0. The Hall–Kier alpha value is -1.74. The predicted molar refractivity (Wildman–Crippen MR) is 78.0 cm³/mol. The van der Waals surface area contributed by atoms with Crippen LogP contribution in [0.3, 0.4) is 0 Å². The Morgan fingerprint density at radius 3 is 2.33 bits per heavy atom. The lowest BCUT2D eigenvalue weighted by molar-refractivity contribution is 0.0280. The molecule has 21 heavy (non-hydrogen) atoms. The summed E-state index contributed by atoms with van der Waals surface area (Å²) in [6.45, 7) is 0. The fraction of sp³-hybridized carbons (Fsp3) is 0.333. The molecule has 1 atom stereocenters. The second-order valence-corrected chi connectivity index (χ2v) is 5.83. The lowest BCUT2D eigenvalue weighted by Gasteiger charge is -2.46. The summed E-state index contributed by atoms with van der Waals surface area (Å²) in [6, 6.07) is 13.4. The Kier molecular flexibility index (Phi) is 3.77. The van der Waals surface area contributed by atoms with Crippen molar-refractivity contribution in [3.63, 3.8) is 0 Å². The number of aliphatic hydroxyl groups is 1. The number of hydrogen-bond acceptors (Lipinski definition) is 1. The molecule has 0 aliphatic heterocycles. The van der Waals surface area contributed by atoms with Gasteiger partial charge in [0, 0.05) is 17.9 Å². The van der Waals surface area contributed by atoms with E-state index < -0.39 is 17.7 Å². The molecule has 1 nitrogen and oxygen atoms in total. The van der Waals surface area contributed by atoms with Crippen LogP contribution in [-0.2, 0) is 11.8 Å². The average molecular weight is 288 g/mol. The topological polar surface area (TPSA) is 20.2 Å². The van der Waals surface area contributed by atoms with Gasteiger partial charge in [0.1, 0.15) is 11.6 Å². The maximum Gasteiger partial charge on any atom is 0.129 e. The summed E-state index contributed by atoms with van der Waals surface area (Å²) in [5.74, 6) is -1.18. The van der Waals surface area contributed by atoms with E-state index in [-0.39, 0.29) is 11.8 Å². The molecule has 1 aliphatic carbocycles. The van der Waals surface area contributed by atoms with Crippen LogP contribution >= 0.6 is 0 Å². The number of aliphatic hydroxyl groups excluding tert-OH is 1. The maximum atomic E-state index is 13.8. The lowest BCUT2D eigenvalue weighted by atomic mass is 9.60. The number of halogens is 2. The van der Waals surface area contributed by atoms with Crippen LogP contribution in [-0.4, -0.2) is 11.2 Å². The Morgan fingerprint density at radius 2 is 1.76 bits per heavy atom. The standard InChI is InChI=1S/C18H18F2O/c19-15-8-7-13(16(20)12-15)11-17(21)18(9-4-10-18)14-5-2-1-3-6-14/h1-3,5-8,12,17,21H,4,9-11H2. The molecule has 0 amide bonds. The molecule has 0 heterocycles. The zero-order valence-corrected chi connectivity index (χ0v) is 11.7. The zero-order valence-electron chi connectivity index (χ0n) is 11.7. The molecule has 110 valence electrons. The van der Waals surface area contributed by atoms with Crippen molar-refractivity contribution in [3.05, 3.63) is 71.3 Å². The zero-order chi connectivity index (χ0) is 14.9. The minimum absolute atomic E-state index is 0.209. The van der Waals surface area contributed by atoms with Gasteiger partial charge in [-0.15, -0.1) is 0 Å². The fourth-order valence-corrected chi connectivity index (χ4v) is 3.23. The van der Waals surface area contributed by atoms with Crippen LogP contribution in [0.5, 0.6) is 0 Å². The molecule has 1 unspecified atom stereocenters. The van der Waals surface area contributed by atoms with Crippen molar-refractivity contribution in [2.24, 2.45) is 0 Å². The molecule has 0 radical (unpaired) electrons. The van der Waals surface area contributed by atoms with Crippen molar-refractivity contribution < 1.29 is 13.9 Å². The monoisotopic (exact) mass is 288 g/mol. The molecule has 0 bridgehead atoms. The first-order valence-electron chi connectivity index (χ1n) is 7.29. The largest absolute Gasteiger partial charge is 0.392 e. The highest BCUT2D eigenvalue weighted by Crippen LogP contribution is 2.47. The third-order valence-corrected chi connectivity index (χ3v) is 4.66. The molecule has 1 N–H and O–H groups in total. The van der Waals surface area contributed by atoms with E-state index in [1.54, 1.807) is 0 Å². The summed E-state index contributed by atoms with van der Waals surface area (Å²) in [4.78, 5) is 0. The molecule has 0 spiro atoms. The molecule has 3 heteroatoms. The quantitative estimate of drug-likeness (QED) is 0.902. The van der Waals surface area contributed by atoms with Gasteiger partial charge in [-0.3, -0.25) is 0 Å². The van der Waals surface area contributed by atoms with Gasteiger partial charge in [-0.2, -0.15) is 0 Å². The second kappa shape index (κ2) is 5.57. The fourth-order valence-electron chi connectivity index (χ4n) is 3.23. The Bertz CT molecular complexity index is 620. The molecule has 2 aromatic rings. The van der Waals surface area contributed by atoms with E-state index in [4.69, 9.17) is 0 Å². The van der Waals surface area contributed by atoms with Crippen molar-refractivity contribution in [3.8, 4) is 0 Å². The van der Waals surface area contributed by atoms with E-state index in [1.807, 2.05) is 30.3 Å². The van der Waals surface area contributed by atoms with Crippen LogP contribution in [0.15, 0.2) is 48.5 Å². The first kappa shape index (κ1) is 14.2. The highest BCUT2D eigenvalue weighted by molar-refractivity contribution is 5.31. The van der Waals surface area contributed by atoms with Crippen LogP contribution in [0.4, 0.5) is 8.78 Å². The Morgan fingerprint density at radius 1 is 1.05 bits per heavy atom. The van der Waals surface area contributed by atoms with Gasteiger partial charge < -0.3 is 5.11 Å². The van der Waals surface area contributed by atoms with E-state index in [1.165, 1.54) is 12.1 Å². The molecule has 0 saturated heterocycles. The highest BCUT2D eigenvalue weighted by Gasteiger charge is 2.44. The second-order valence-electron chi connectivity index (χ2n) is 5.83. The predicted octanol–water partition coefficient (Wildman–Crippen LogP) is 3.99. The van der Waals surface area contributed by atoms with Crippen LogP contribution < -0.4 is 0 Å². The van der Waals surface area contributed by atoms with Gasteiger partial charge in [0.05, 0.1) is 6.10 Å². The van der Waals surface area contributed by atoms with E-state index in [0.717, 1.165) is 30.9 Å². The summed E-state index contributed by atoms with van der Waals surface area (Å²) in [7, 11) is 0.